The molecular formula is C26H33F3N6O3. The van der Waals surface area contributed by atoms with E-state index in [1.807, 2.05) is 4.90 Å². The summed E-state index contributed by atoms with van der Waals surface area (Å²) in [5.74, 6) is -0.556. The van der Waals surface area contributed by atoms with Crippen LogP contribution in [0.4, 0.5) is 24.8 Å². The number of likely N-dealkylation sites (tertiary alicyclic amines) is 2. The van der Waals surface area contributed by atoms with E-state index >= 15 is 0 Å². The van der Waals surface area contributed by atoms with Crippen LogP contribution in [0.5, 0.6) is 11.6 Å². The first-order valence-electron chi connectivity index (χ1n) is 12.6. The Labute approximate surface area is 220 Å². The van der Waals surface area contributed by atoms with Crippen LogP contribution in [0.2, 0.25) is 0 Å². The summed E-state index contributed by atoms with van der Waals surface area (Å²) in [4.78, 5) is 24.8. The second-order valence-corrected chi connectivity index (χ2v) is 9.51. The highest BCUT2D eigenvalue weighted by Gasteiger charge is 2.36. The van der Waals surface area contributed by atoms with Crippen LogP contribution < -0.4 is 20.1 Å². The van der Waals surface area contributed by atoms with Crippen LogP contribution in [0.1, 0.15) is 41.6 Å². The van der Waals surface area contributed by atoms with E-state index in [1.54, 1.807) is 18.2 Å². The number of amides is 1. The van der Waals surface area contributed by atoms with Crippen LogP contribution in [0, 0.1) is 0 Å². The zero-order valence-corrected chi connectivity index (χ0v) is 21.6. The number of rotatable bonds is 9. The van der Waals surface area contributed by atoms with Crippen molar-refractivity contribution in [3.8, 4) is 11.6 Å². The van der Waals surface area contributed by atoms with Crippen molar-refractivity contribution < 1.29 is 27.4 Å². The maximum absolute atomic E-state index is 13.6. The highest BCUT2D eigenvalue weighted by molar-refractivity contribution is 5.95. The summed E-state index contributed by atoms with van der Waals surface area (Å²) in [5, 5.41) is 5.93. The van der Waals surface area contributed by atoms with Gasteiger partial charge in [-0.05, 0) is 64.0 Å². The van der Waals surface area contributed by atoms with Crippen LogP contribution in [0.25, 0.3) is 0 Å². The molecule has 3 heterocycles. The monoisotopic (exact) mass is 534 g/mol. The maximum atomic E-state index is 13.6. The molecule has 1 aromatic carbocycles. The Morgan fingerprint density at radius 1 is 1.24 bits per heavy atom. The summed E-state index contributed by atoms with van der Waals surface area (Å²) < 4.78 is 51.6. The normalized spacial score (nSPS) is 17.0. The van der Waals surface area contributed by atoms with Crippen LogP contribution in [-0.4, -0.2) is 78.7 Å². The Morgan fingerprint density at radius 2 is 2.00 bits per heavy atom. The third-order valence-corrected chi connectivity index (χ3v) is 6.76. The third-order valence-electron chi connectivity index (χ3n) is 6.76. The van der Waals surface area contributed by atoms with Gasteiger partial charge in [0, 0.05) is 30.0 Å². The van der Waals surface area contributed by atoms with Gasteiger partial charge in [0.15, 0.2) is 0 Å². The van der Waals surface area contributed by atoms with Crippen molar-refractivity contribution in [1.29, 1.82) is 0 Å². The first-order chi connectivity index (χ1) is 18.1. The number of hydrogen-bond donors (Lipinski definition) is 2. The lowest BCUT2D eigenvalue weighted by atomic mass is 10.0. The highest BCUT2D eigenvalue weighted by atomic mass is 19.4. The minimum Gasteiger partial charge on any atom is -0.495 e. The highest BCUT2D eigenvalue weighted by Crippen LogP contribution is 2.36. The van der Waals surface area contributed by atoms with Gasteiger partial charge in [0.1, 0.15) is 17.9 Å². The Hall–Kier alpha value is -3.54. The number of anilines is 2. The number of nitrogens with one attached hydrogen (secondary N) is 2. The van der Waals surface area contributed by atoms with Gasteiger partial charge in [0.2, 0.25) is 11.8 Å². The molecule has 2 N–H and O–H groups in total. The fraction of sp³-hybridized carbons (Fsp3) is 0.500. The first kappa shape index (κ1) is 27.5. The van der Waals surface area contributed by atoms with E-state index in [2.05, 4.69) is 39.1 Å². The SMILES string of the molecule is C=C1CCCN1CCOc1nc(Nc2ccc(C(=O)NC3CCN(C)CC3)cc2OC)ncc1C(F)(F)F. The molecule has 0 bridgehead atoms. The van der Waals surface area contributed by atoms with Gasteiger partial charge in [0.25, 0.3) is 5.91 Å². The molecule has 1 aromatic heterocycles. The zero-order valence-electron chi connectivity index (χ0n) is 21.6. The second kappa shape index (κ2) is 11.9. The molecule has 0 aliphatic carbocycles. The van der Waals surface area contributed by atoms with Crippen LogP contribution in [0.3, 0.4) is 0 Å². The number of halogens is 3. The van der Waals surface area contributed by atoms with E-state index in [4.69, 9.17) is 9.47 Å². The number of benzene rings is 1. The topological polar surface area (TPSA) is 91.8 Å². The molecular weight excluding hydrogens is 501 g/mol. The lowest BCUT2D eigenvalue weighted by Gasteiger charge is -2.29. The number of hydrogen-bond acceptors (Lipinski definition) is 8. The van der Waals surface area contributed by atoms with Gasteiger partial charge in [0.05, 0.1) is 19.3 Å². The van der Waals surface area contributed by atoms with Crippen molar-refractivity contribution in [3.63, 3.8) is 0 Å². The van der Waals surface area contributed by atoms with E-state index in [1.165, 1.54) is 7.11 Å². The molecule has 2 aliphatic heterocycles. The molecule has 12 heteroatoms. The Morgan fingerprint density at radius 3 is 2.66 bits per heavy atom. The van der Waals surface area contributed by atoms with Crippen LogP contribution in [-0.2, 0) is 6.18 Å². The molecule has 2 aliphatic rings. The van der Waals surface area contributed by atoms with Gasteiger partial charge in [-0.25, -0.2) is 4.98 Å². The molecule has 2 saturated heterocycles. The molecule has 0 spiro atoms. The molecule has 206 valence electrons. The van der Waals surface area contributed by atoms with E-state index in [0.29, 0.717) is 29.7 Å². The average molecular weight is 535 g/mol. The molecule has 2 aromatic rings. The molecule has 1 amide bonds. The van der Waals surface area contributed by atoms with Crippen molar-refractivity contribution in [2.45, 2.75) is 37.9 Å². The molecule has 4 rings (SSSR count). The predicted molar refractivity (Wildman–Crippen MR) is 137 cm³/mol. The minimum absolute atomic E-state index is 0.0168. The maximum Gasteiger partial charge on any atom is 0.423 e. The van der Waals surface area contributed by atoms with Gasteiger partial charge < -0.3 is 29.9 Å². The van der Waals surface area contributed by atoms with E-state index in [0.717, 1.165) is 51.0 Å². The number of methoxy groups -OCH3 is 1. The third kappa shape index (κ3) is 6.85. The Balaban J connectivity index is 1.46. The summed E-state index contributed by atoms with van der Waals surface area (Å²) >= 11 is 0. The van der Waals surface area contributed by atoms with Crippen LogP contribution >= 0.6 is 0 Å². The minimum atomic E-state index is -4.68. The summed E-state index contributed by atoms with van der Waals surface area (Å²) in [6.07, 6.45) is -0.395. The van der Waals surface area contributed by atoms with Crippen molar-refractivity contribution >= 4 is 17.5 Å². The van der Waals surface area contributed by atoms with E-state index < -0.39 is 17.6 Å². The number of ether oxygens (including phenoxy) is 2. The summed E-state index contributed by atoms with van der Waals surface area (Å²) in [5.41, 5.74) is 0.691. The van der Waals surface area contributed by atoms with Gasteiger partial charge in [-0.1, -0.05) is 6.58 Å². The molecule has 0 unspecified atom stereocenters. The number of allylic oxidation sites excluding steroid dienone is 1. The fourth-order valence-electron chi connectivity index (χ4n) is 4.52. The van der Waals surface area contributed by atoms with E-state index in [-0.39, 0.29) is 24.5 Å². The second-order valence-electron chi connectivity index (χ2n) is 9.51. The van der Waals surface area contributed by atoms with Gasteiger partial charge in [-0.15, -0.1) is 0 Å². The molecule has 0 saturated carbocycles. The van der Waals surface area contributed by atoms with Crippen molar-refractivity contribution in [2.24, 2.45) is 0 Å². The zero-order chi connectivity index (χ0) is 27.3. The van der Waals surface area contributed by atoms with E-state index in [9.17, 15) is 18.0 Å². The lowest BCUT2D eigenvalue weighted by Crippen LogP contribution is -2.43. The molecule has 0 radical (unpaired) electrons. The predicted octanol–water partition coefficient (Wildman–Crippen LogP) is 4.06. The molecule has 38 heavy (non-hydrogen) atoms. The fourth-order valence-corrected chi connectivity index (χ4v) is 4.52. The smallest absolute Gasteiger partial charge is 0.423 e. The van der Waals surface area contributed by atoms with Crippen molar-refractivity contribution in [2.75, 3.05) is 52.3 Å². The number of aromatic nitrogens is 2. The van der Waals surface area contributed by atoms with Gasteiger partial charge in [-0.3, -0.25) is 4.79 Å². The standard InChI is InChI=1S/C26H33F3N6O3/c1-17-5-4-10-35(17)13-14-38-24-20(26(27,28)29)16-30-25(33-24)32-21-7-6-18(15-22(21)37-3)23(36)31-19-8-11-34(2)12-9-19/h6-7,15-16,19H,1,4-5,8-14H2,2-3H3,(H,31,36)(H,30,32,33). The van der Waals surface area contributed by atoms with Gasteiger partial charge >= 0.3 is 6.18 Å². The van der Waals surface area contributed by atoms with Crippen LogP contribution in [0.15, 0.2) is 36.7 Å². The number of nitrogens with zero attached hydrogens (tertiary/aromatic N) is 4. The molecule has 9 nitrogen and oxygen atoms in total. The Bertz CT molecular complexity index is 1150. The number of carbonyl (C=O) groups is 1. The van der Waals surface area contributed by atoms with Gasteiger partial charge in [-0.2, -0.15) is 18.2 Å². The number of carbonyl (C=O) groups excluding carboxylic acids is 1. The number of piperidine rings is 1. The van der Waals surface area contributed by atoms with Crippen molar-refractivity contribution in [1.82, 2.24) is 25.1 Å². The summed E-state index contributed by atoms with van der Waals surface area (Å²) in [7, 11) is 3.49. The van der Waals surface area contributed by atoms with Crippen molar-refractivity contribution in [3.05, 3.63) is 47.8 Å². The summed E-state index contributed by atoms with van der Waals surface area (Å²) in [6, 6.07) is 4.88. The number of alkyl halides is 3. The summed E-state index contributed by atoms with van der Waals surface area (Å²) in [6.45, 7) is 7.03. The Kier molecular flexibility index (Phi) is 8.60. The molecule has 0 atom stereocenters. The first-order valence-corrected chi connectivity index (χ1v) is 12.6. The lowest BCUT2D eigenvalue weighted by molar-refractivity contribution is -0.139. The quantitative estimate of drug-likeness (QED) is 0.498. The largest absolute Gasteiger partial charge is 0.495 e. The molecule has 2 fully saturated rings. The average Bonchev–Trinajstić information content (AvgIpc) is 3.29.